The summed E-state index contributed by atoms with van der Waals surface area (Å²) in [6.07, 6.45) is -4.41. The van der Waals surface area contributed by atoms with Crippen molar-refractivity contribution in [3.8, 4) is 0 Å². The molecule has 1 aromatic heterocycles. The van der Waals surface area contributed by atoms with E-state index in [0.29, 0.717) is 25.4 Å². The molecule has 0 saturated heterocycles. The van der Waals surface area contributed by atoms with E-state index >= 15 is 0 Å². The fourth-order valence-electron chi connectivity index (χ4n) is 1.24. The zero-order valence-electron chi connectivity index (χ0n) is 8.92. The lowest BCUT2D eigenvalue weighted by molar-refractivity contribution is -0.141. The van der Waals surface area contributed by atoms with Gasteiger partial charge in [-0.25, -0.2) is 0 Å². The topological polar surface area (TPSA) is 53.1 Å². The minimum Gasteiger partial charge on any atom is -0.374 e. The maximum absolute atomic E-state index is 12.4. The van der Waals surface area contributed by atoms with Crippen molar-refractivity contribution in [1.29, 1.82) is 0 Å². The number of nitrogens with zero attached hydrogens (tertiary/aromatic N) is 2. The van der Waals surface area contributed by atoms with Gasteiger partial charge in [0.2, 0.25) is 0 Å². The van der Waals surface area contributed by atoms with Crippen molar-refractivity contribution in [3.63, 3.8) is 0 Å². The van der Waals surface area contributed by atoms with Crippen LogP contribution in [0.1, 0.15) is 18.3 Å². The Bertz CT molecular complexity index is 335. The smallest absolute Gasteiger partial charge is 0.374 e. The summed E-state index contributed by atoms with van der Waals surface area (Å²) in [7, 11) is 0. The van der Waals surface area contributed by atoms with Gasteiger partial charge in [0, 0.05) is 13.1 Å². The van der Waals surface area contributed by atoms with E-state index in [-0.39, 0.29) is 6.61 Å². The van der Waals surface area contributed by atoms with Crippen LogP contribution < -0.4 is 5.73 Å². The normalized spacial score (nSPS) is 12.1. The number of rotatable bonds is 5. The summed E-state index contributed by atoms with van der Waals surface area (Å²) in [5, 5.41) is 3.46. The van der Waals surface area contributed by atoms with Crippen molar-refractivity contribution in [1.82, 2.24) is 9.78 Å². The molecule has 92 valence electrons. The number of ether oxygens (including phenoxy) is 1. The molecule has 1 aromatic rings. The van der Waals surface area contributed by atoms with Gasteiger partial charge in [0.15, 0.2) is 5.69 Å². The molecule has 0 aliphatic carbocycles. The predicted octanol–water partition coefficient (Wildman–Crippen LogP) is 1.40. The summed E-state index contributed by atoms with van der Waals surface area (Å²) in [6, 6.07) is 1.00. The third-order valence-electron chi connectivity index (χ3n) is 1.97. The molecular formula is C9H14F3N3O. The van der Waals surface area contributed by atoms with Gasteiger partial charge in [-0.15, -0.1) is 0 Å². The monoisotopic (exact) mass is 237 g/mol. The summed E-state index contributed by atoms with van der Waals surface area (Å²) < 4.78 is 43.5. The summed E-state index contributed by atoms with van der Waals surface area (Å²) in [5.41, 5.74) is 4.73. The second kappa shape index (κ2) is 5.31. The molecule has 16 heavy (non-hydrogen) atoms. The number of aryl methyl sites for hydroxylation is 1. The molecule has 1 heterocycles. The maximum atomic E-state index is 12.4. The minimum atomic E-state index is -4.41. The van der Waals surface area contributed by atoms with Crippen LogP contribution in [0.5, 0.6) is 0 Å². The Balaban J connectivity index is 2.78. The molecule has 0 bridgehead atoms. The Morgan fingerprint density at radius 2 is 2.19 bits per heavy atom. The Morgan fingerprint density at radius 3 is 2.69 bits per heavy atom. The number of alkyl halides is 3. The first-order valence-electron chi connectivity index (χ1n) is 4.90. The molecule has 1 rings (SSSR count). The third-order valence-corrected chi connectivity index (χ3v) is 1.97. The summed E-state index contributed by atoms with van der Waals surface area (Å²) >= 11 is 0. The number of hydrogen-bond donors (Lipinski definition) is 1. The van der Waals surface area contributed by atoms with Gasteiger partial charge in [0.1, 0.15) is 0 Å². The molecule has 0 spiro atoms. The average molecular weight is 237 g/mol. The minimum absolute atomic E-state index is 0.0914. The lowest BCUT2D eigenvalue weighted by Gasteiger charge is -2.04. The summed E-state index contributed by atoms with van der Waals surface area (Å²) in [6.45, 7) is 2.84. The quantitative estimate of drug-likeness (QED) is 0.787. The van der Waals surface area contributed by atoms with Gasteiger partial charge in [0.25, 0.3) is 0 Å². The van der Waals surface area contributed by atoms with Crippen LogP contribution in [0.3, 0.4) is 0 Å². The first-order chi connectivity index (χ1) is 7.49. The predicted molar refractivity (Wildman–Crippen MR) is 51.6 cm³/mol. The largest absolute Gasteiger partial charge is 0.435 e. The molecule has 0 saturated carbocycles. The van der Waals surface area contributed by atoms with Crippen LogP contribution in [0.2, 0.25) is 0 Å². The number of halogens is 3. The van der Waals surface area contributed by atoms with Crippen LogP contribution in [0, 0.1) is 0 Å². The molecule has 7 heteroatoms. The Kier molecular flexibility index (Phi) is 4.31. The number of nitrogens with two attached hydrogens (primary N) is 1. The highest BCUT2D eigenvalue weighted by atomic mass is 19.4. The summed E-state index contributed by atoms with van der Waals surface area (Å²) in [5.74, 6) is 0. The zero-order valence-corrected chi connectivity index (χ0v) is 8.92. The van der Waals surface area contributed by atoms with Crippen molar-refractivity contribution >= 4 is 0 Å². The molecule has 0 unspecified atom stereocenters. The highest BCUT2D eigenvalue weighted by molar-refractivity contribution is 5.12. The Labute approximate surface area is 91.2 Å². The van der Waals surface area contributed by atoms with Crippen molar-refractivity contribution in [2.75, 3.05) is 13.2 Å². The molecule has 2 N–H and O–H groups in total. The van der Waals surface area contributed by atoms with E-state index in [0.717, 1.165) is 6.07 Å². The van der Waals surface area contributed by atoms with E-state index in [1.165, 1.54) is 4.68 Å². The Hall–Kier alpha value is -1.08. The van der Waals surface area contributed by atoms with Crippen LogP contribution in [0.15, 0.2) is 6.07 Å². The highest BCUT2D eigenvalue weighted by Crippen LogP contribution is 2.28. The van der Waals surface area contributed by atoms with Gasteiger partial charge in [-0.05, 0) is 13.0 Å². The molecule has 0 aliphatic rings. The van der Waals surface area contributed by atoms with E-state index in [2.05, 4.69) is 5.10 Å². The van der Waals surface area contributed by atoms with Crippen LogP contribution in [0.4, 0.5) is 13.2 Å². The van der Waals surface area contributed by atoms with Crippen LogP contribution >= 0.6 is 0 Å². The lowest BCUT2D eigenvalue weighted by Crippen LogP contribution is -2.10. The molecule has 0 aromatic carbocycles. The van der Waals surface area contributed by atoms with Gasteiger partial charge in [-0.3, -0.25) is 4.68 Å². The molecule has 0 aliphatic heterocycles. The molecule has 0 atom stereocenters. The third kappa shape index (κ3) is 3.21. The molecule has 0 radical (unpaired) electrons. The van der Waals surface area contributed by atoms with E-state index in [1.54, 1.807) is 6.92 Å². The summed E-state index contributed by atoms with van der Waals surface area (Å²) in [4.78, 5) is 0. The van der Waals surface area contributed by atoms with Crippen molar-refractivity contribution in [2.24, 2.45) is 5.73 Å². The maximum Gasteiger partial charge on any atom is 0.435 e. The van der Waals surface area contributed by atoms with E-state index < -0.39 is 11.9 Å². The number of aromatic nitrogens is 2. The van der Waals surface area contributed by atoms with E-state index in [4.69, 9.17) is 10.5 Å². The van der Waals surface area contributed by atoms with Gasteiger partial charge >= 0.3 is 6.18 Å². The van der Waals surface area contributed by atoms with Crippen molar-refractivity contribution in [2.45, 2.75) is 26.3 Å². The number of hydrogen-bond acceptors (Lipinski definition) is 3. The molecule has 0 amide bonds. The molecule has 4 nitrogen and oxygen atoms in total. The van der Waals surface area contributed by atoms with E-state index in [9.17, 15) is 13.2 Å². The molecular weight excluding hydrogens is 223 g/mol. The standard InChI is InChI=1S/C9H14F3N3O/c1-2-15-7(6-16-4-3-13)5-8(14-15)9(10,11)12/h5H,2-4,6,13H2,1H3. The molecule has 0 fully saturated rings. The fourth-order valence-corrected chi connectivity index (χ4v) is 1.24. The van der Waals surface area contributed by atoms with Crippen molar-refractivity contribution < 1.29 is 17.9 Å². The highest BCUT2D eigenvalue weighted by Gasteiger charge is 2.34. The van der Waals surface area contributed by atoms with Gasteiger partial charge in [0.05, 0.1) is 18.9 Å². The van der Waals surface area contributed by atoms with E-state index in [1.807, 2.05) is 0 Å². The van der Waals surface area contributed by atoms with Crippen molar-refractivity contribution in [3.05, 3.63) is 17.5 Å². The van der Waals surface area contributed by atoms with Gasteiger partial charge in [-0.1, -0.05) is 0 Å². The average Bonchev–Trinajstić information content (AvgIpc) is 2.61. The lowest BCUT2D eigenvalue weighted by atomic mass is 10.3. The van der Waals surface area contributed by atoms with Crippen LogP contribution in [-0.4, -0.2) is 22.9 Å². The first kappa shape index (κ1) is 13.0. The SMILES string of the molecule is CCn1nc(C(F)(F)F)cc1COCCN. The second-order valence-electron chi connectivity index (χ2n) is 3.18. The Morgan fingerprint density at radius 1 is 1.50 bits per heavy atom. The second-order valence-corrected chi connectivity index (χ2v) is 3.18. The first-order valence-corrected chi connectivity index (χ1v) is 4.90. The zero-order chi connectivity index (χ0) is 12.2. The van der Waals surface area contributed by atoms with Crippen LogP contribution in [-0.2, 0) is 24.1 Å². The van der Waals surface area contributed by atoms with Crippen LogP contribution in [0.25, 0.3) is 0 Å². The van der Waals surface area contributed by atoms with Gasteiger partial charge < -0.3 is 10.5 Å². The van der Waals surface area contributed by atoms with Gasteiger partial charge in [-0.2, -0.15) is 18.3 Å². The fraction of sp³-hybridized carbons (Fsp3) is 0.667.